The lowest BCUT2D eigenvalue weighted by Crippen LogP contribution is -2.21. The molecule has 5 N–H and O–H groups in total. The standard InChI is InChI=1S/C6H8FN3O2S/c7-5-3-4(1-2-6(5)8)10-13(9,11)12/h1-3,10H,8H2,(H2,9,11,12). The molecule has 5 nitrogen and oxygen atoms in total. The van der Waals surface area contributed by atoms with Crippen molar-refractivity contribution in [3.8, 4) is 0 Å². The molecule has 7 heteroatoms. The third-order valence-corrected chi connectivity index (χ3v) is 1.78. The Labute approximate surface area is 74.7 Å². The van der Waals surface area contributed by atoms with Crippen LogP contribution in [-0.4, -0.2) is 8.42 Å². The minimum Gasteiger partial charge on any atom is -0.396 e. The van der Waals surface area contributed by atoms with E-state index in [9.17, 15) is 12.8 Å². The smallest absolute Gasteiger partial charge is 0.296 e. The zero-order chi connectivity index (χ0) is 10.1. The molecule has 0 amide bonds. The summed E-state index contributed by atoms with van der Waals surface area (Å²) in [5.41, 5.74) is 5.15. The van der Waals surface area contributed by atoms with Gasteiger partial charge in [-0.15, -0.1) is 0 Å². The minimum absolute atomic E-state index is 0.0363. The molecule has 0 radical (unpaired) electrons. The first-order valence-electron chi connectivity index (χ1n) is 3.24. The van der Waals surface area contributed by atoms with Crippen molar-refractivity contribution in [2.24, 2.45) is 5.14 Å². The summed E-state index contributed by atoms with van der Waals surface area (Å²) in [6.45, 7) is 0. The predicted octanol–water partition coefficient (Wildman–Crippen LogP) is 0.0233. The van der Waals surface area contributed by atoms with Crippen molar-refractivity contribution in [2.75, 3.05) is 10.5 Å². The highest BCUT2D eigenvalue weighted by atomic mass is 32.2. The Morgan fingerprint density at radius 2 is 2.00 bits per heavy atom. The van der Waals surface area contributed by atoms with Crippen LogP contribution in [-0.2, 0) is 10.2 Å². The summed E-state index contributed by atoms with van der Waals surface area (Å²) in [7, 11) is -3.86. The lowest BCUT2D eigenvalue weighted by molar-refractivity contribution is 0.602. The van der Waals surface area contributed by atoms with E-state index in [2.05, 4.69) is 5.14 Å². The molecule has 0 aromatic heterocycles. The van der Waals surface area contributed by atoms with Crippen molar-refractivity contribution < 1.29 is 12.8 Å². The monoisotopic (exact) mass is 205 g/mol. The maximum atomic E-state index is 12.8. The first-order chi connectivity index (χ1) is 5.88. The van der Waals surface area contributed by atoms with Gasteiger partial charge in [0.15, 0.2) is 0 Å². The Balaban J connectivity index is 2.99. The van der Waals surface area contributed by atoms with Crippen LogP contribution in [0.5, 0.6) is 0 Å². The quantitative estimate of drug-likeness (QED) is 0.594. The van der Waals surface area contributed by atoms with E-state index in [1.165, 1.54) is 12.1 Å². The van der Waals surface area contributed by atoms with Crippen LogP contribution in [0, 0.1) is 5.82 Å². The van der Waals surface area contributed by atoms with Gasteiger partial charge in [-0.1, -0.05) is 0 Å². The van der Waals surface area contributed by atoms with Crippen LogP contribution in [0.2, 0.25) is 0 Å². The lowest BCUT2D eigenvalue weighted by Gasteiger charge is -2.03. The molecule has 1 aromatic rings. The van der Waals surface area contributed by atoms with E-state index in [4.69, 9.17) is 5.73 Å². The van der Waals surface area contributed by atoms with Gasteiger partial charge >= 0.3 is 0 Å². The highest BCUT2D eigenvalue weighted by Gasteiger charge is 2.04. The summed E-state index contributed by atoms with van der Waals surface area (Å²) in [5.74, 6) is -0.700. The molecular formula is C6H8FN3O2S. The molecule has 0 unspecified atom stereocenters. The highest BCUT2D eigenvalue weighted by molar-refractivity contribution is 7.90. The third kappa shape index (κ3) is 2.88. The fraction of sp³-hybridized carbons (Fsp3) is 0. The van der Waals surface area contributed by atoms with Gasteiger partial charge in [-0.3, -0.25) is 4.72 Å². The van der Waals surface area contributed by atoms with Gasteiger partial charge in [-0.2, -0.15) is 8.42 Å². The first kappa shape index (κ1) is 9.75. The van der Waals surface area contributed by atoms with E-state index in [-0.39, 0.29) is 11.4 Å². The van der Waals surface area contributed by atoms with Crippen LogP contribution in [0.4, 0.5) is 15.8 Å². The van der Waals surface area contributed by atoms with Gasteiger partial charge in [0.25, 0.3) is 10.2 Å². The molecule has 0 bridgehead atoms. The van der Waals surface area contributed by atoms with Crippen molar-refractivity contribution in [3.05, 3.63) is 24.0 Å². The van der Waals surface area contributed by atoms with E-state index in [0.29, 0.717) is 0 Å². The van der Waals surface area contributed by atoms with Crippen LogP contribution >= 0.6 is 0 Å². The Morgan fingerprint density at radius 1 is 1.38 bits per heavy atom. The van der Waals surface area contributed by atoms with Gasteiger partial charge < -0.3 is 5.73 Å². The van der Waals surface area contributed by atoms with Crippen molar-refractivity contribution in [3.63, 3.8) is 0 Å². The lowest BCUT2D eigenvalue weighted by atomic mass is 10.3. The molecule has 0 aliphatic carbocycles. The molecule has 13 heavy (non-hydrogen) atoms. The number of benzene rings is 1. The average Bonchev–Trinajstić information content (AvgIpc) is 1.94. The Hall–Kier alpha value is -1.34. The van der Waals surface area contributed by atoms with Gasteiger partial charge in [-0.05, 0) is 12.1 Å². The van der Waals surface area contributed by atoms with Gasteiger partial charge in [0.2, 0.25) is 0 Å². The molecule has 1 aromatic carbocycles. The van der Waals surface area contributed by atoms with Crippen LogP contribution < -0.4 is 15.6 Å². The Morgan fingerprint density at radius 3 is 2.46 bits per heavy atom. The summed E-state index contributed by atoms with van der Waals surface area (Å²) in [6.07, 6.45) is 0. The molecule has 0 aliphatic rings. The molecule has 0 fully saturated rings. The molecule has 72 valence electrons. The van der Waals surface area contributed by atoms with Gasteiger partial charge in [0, 0.05) is 6.07 Å². The fourth-order valence-corrected chi connectivity index (χ4v) is 1.21. The molecule has 0 spiro atoms. The van der Waals surface area contributed by atoms with Gasteiger partial charge in [-0.25, -0.2) is 9.53 Å². The van der Waals surface area contributed by atoms with E-state index < -0.39 is 16.0 Å². The second-order valence-corrected chi connectivity index (χ2v) is 3.68. The SMILES string of the molecule is Nc1ccc(NS(N)(=O)=O)cc1F. The first-order valence-corrected chi connectivity index (χ1v) is 4.79. The van der Waals surface area contributed by atoms with E-state index in [1.54, 1.807) is 0 Å². The maximum absolute atomic E-state index is 12.8. The number of nitrogens with two attached hydrogens (primary N) is 2. The van der Waals surface area contributed by atoms with E-state index in [1.807, 2.05) is 4.72 Å². The van der Waals surface area contributed by atoms with Gasteiger partial charge in [0.05, 0.1) is 11.4 Å². The summed E-state index contributed by atoms with van der Waals surface area (Å²) in [5, 5.41) is 4.66. The third-order valence-electron chi connectivity index (χ3n) is 1.26. The second-order valence-electron chi connectivity index (χ2n) is 2.38. The predicted molar refractivity (Wildman–Crippen MR) is 47.5 cm³/mol. The number of nitrogen functional groups attached to an aromatic ring is 1. The summed E-state index contributed by atoms with van der Waals surface area (Å²) in [4.78, 5) is 0. The molecule has 1 rings (SSSR count). The number of nitrogens with one attached hydrogen (secondary N) is 1. The molecule has 0 heterocycles. The van der Waals surface area contributed by atoms with Crippen LogP contribution in [0.25, 0.3) is 0 Å². The van der Waals surface area contributed by atoms with E-state index in [0.717, 1.165) is 6.07 Å². The van der Waals surface area contributed by atoms with Gasteiger partial charge in [0.1, 0.15) is 5.82 Å². The zero-order valence-electron chi connectivity index (χ0n) is 6.49. The average molecular weight is 205 g/mol. The number of hydrogen-bond acceptors (Lipinski definition) is 3. The number of halogens is 1. The van der Waals surface area contributed by atoms with Crippen LogP contribution in [0.15, 0.2) is 18.2 Å². The molecule has 0 saturated carbocycles. The molecular weight excluding hydrogens is 197 g/mol. The summed E-state index contributed by atoms with van der Waals surface area (Å²) < 4.78 is 35.7. The zero-order valence-corrected chi connectivity index (χ0v) is 7.31. The van der Waals surface area contributed by atoms with Crippen molar-refractivity contribution in [1.29, 1.82) is 0 Å². The van der Waals surface area contributed by atoms with Crippen LogP contribution in [0.3, 0.4) is 0 Å². The molecule has 0 saturated heterocycles. The fourth-order valence-electron chi connectivity index (χ4n) is 0.755. The van der Waals surface area contributed by atoms with Crippen molar-refractivity contribution in [1.82, 2.24) is 0 Å². The molecule has 0 atom stereocenters. The van der Waals surface area contributed by atoms with Crippen molar-refractivity contribution in [2.45, 2.75) is 0 Å². The van der Waals surface area contributed by atoms with E-state index >= 15 is 0 Å². The minimum atomic E-state index is -3.86. The Kier molecular flexibility index (Phi) is 2.39. The number of hydrogen-bond donors (Lipinski definition) is 3. The normalized spacial score (nSPS) is 11.2. The largest absolute Gasteiger partial charge is 0.396 e. The maximum Gasteiger partial charge on any atom is 0.296 e. The summed E-state index contributed by atoms with van der Waals surface area (Å²) in [6, 6.07) is 3.49. The summed E-state index contributed by atoms with van der Waals surface area (Å²) >= 11 is 0. The Bertz CT molecular complexity index is 418. The number of rotatable bonds is 2. The second kappa shape index (κ2) is 3.19. The topological polar surface area (TPSA) is 98.2 Å². The van der Waals surface area contributed by atoms with Crippen molar-refractivity contribution >= 4 is 21.6 Å². The van der Waals surface area contributed by atoms with Crippen LogP contribution in [0.1, 0.15) is 0 Å². The number of anilines is 2. The highest BCUT2D eigenvalue weighted by Crippen LogP contribution is 2.15. The molecule has 0 aliphatic heterocycles.